The fourth-order valence-electron chi connectivity index (χ4n) is 6.09. The van der Waals surface area contributed by atoms with Gasteiger partial charge in [-0.15, -0.1) is 0 Å². The van der Waals surface area contributed by atoms with Gasteiger partial charge in [-0.1, -0.05) is 45.9 Å². The average molecular weight is 581 g/mol. The molecule has 7 heteroatoms. The lowest BCUT2D eigenvalue weighted by Crippen LogP contribution is -2.38. The van der Waals surface area contributed by atoms with Crippen LogP contribution in [0.4, 0.5) is 0 Å². The van der Waals surface area contributed by atoms with Crippen molar-refractivity contribution in [3.63, 3.8) is 0 Å². The minimum absolute atomic E-state index is 0.00308. The van der Waals surface area contributed by atoms with Crippen molar-refractivity contribution in [3.8, 4) is 28.4 Å². The van der Waals surface area contributed by atoms with E-state index in [0.29, 0.717) is 29.8 Å². The standard InChI is InChI=1S/C36H44N4O3/c1-6-26-13-12-14-27(7-2)34(26)40-33(23-25(4)5)31(35(41)38-20-10-9-11-21-38)24-30(36(40)42)32-19-22-39(37-32)28-15-17-29(18-16-28)43-8-3/h12-19,22,24-25H,6-11,20-21,23H2,1-5H3. The number of aryl methyl sites for hydroxylation is 2. The second-order valence-electron chi connectivity index (χ2n) is 11.7. The Balaban J connectivity index is 1.75. The summed E-state index contributed by atoms with van der Waals surface area (Å²) in [4.78, 5) is 30.9. The van der Waals surface area contributed by atoms with Crippen LogP contribution in [0.3, 0.4) is 0 Å². The zero-order valence-electron chi connectivity index (χ0n) is 26.2. The number of hydrogen-bond acceptors (Lipinski definition) is 4. The van der Waals surface area contributed by atoms with Crippen LogP contribution in [0.1, 0.15) is 81.1 Å². The molecule has 0 spiro atoms. The molecule has 3 heterocycles. The molecular formula is C36H44N4O3. The van der Waals surface area contributed by atoms with Crippen LogP contribution in [0.5, 0.6) is 5.75 Å². The molecule has 7 nitrogen and oxygen atoms in total. The predicted molar refractivity (Wildman–Crippen MR) is 173 cm³/mol. The van der Waals surface area contributed by atoms with E-state index in [-0.39, 0.29) is 17.4 Å². The largest absolute Gasteiger partial charge is 0.494 e. The van der Waals surface area contributed by atoms with Gasteiger partial charge in [-0.25, -0.2) is 4.68 Å². The van der Waals surface area contributed by atoms with Gasteiger partial charge in [0, 0.05) is 25.0 Å². The van der Waals surface area contributed by atoms with Crippen LogP contribution in [-0.4, -0.2) is 44.9 Å². The van der Waals surface area contributed by atoms with E-state index in [4.69, 9.17) is 9.84 Å². The Labute approximate surface area is 255 Å². The molecule has 1 aliphatic rings. The third-order valence-corrected chi connectivity index (χ3v) is 8.24. The molecule has 0 radical (unpaired) electrons. The monoisotopic (exact) mass is 580 g/mol. The molecule has 0 atom stereocenters. The highest BCUT2D eigenvalue weighted by Gasteiger charge is 2.28. The highest BCUT2D eigenvalue weighted by Crippen LogP contribution is 2.29. The number of rotatable bonds is 10. The number of piperidine rings is 1. The first-order valence-electron chi connectivity index (χ1n) is 15.8. The summed E-state index contributed by atoms with van der Waals surface area (Å²) < 4.78 is 9.22. The normalized spacial score (nSPS) is 13.5. The fraction of sp³-hybridized carbons (Fsp3) is 0.417. The number of benzene rings is 2. The van der Waals surface area contributed by atoms with Crippen LogP contribution < -0.4 is 10.3 Å². The summed E-state index contributed by atoms with van der Waals surface area (Å²) in [5.74, 6) is 1.05. The molecule has 1 fully saturated rings. The van der Waals surface area contributed by atoms with Crippen LogP contribution in [0.15, 0.2) is 65.6 Å². The van der Waals surface area contributed by atoms with E-state index in [1.165, 1.54) is 0 Å². The van der Waals surface area contributed by atoms with Gasteiger partial charge in [0.25, 0.3) is 11.5 Å². The molecule has 1 aliphatic heterocycles. The lowest BCUT2D eigenvalue weighted by Gasteiger charge is -2.29. The van der Waals surface area contributed by atoms with E-state index in [0.717, 1.165) is 79.1 Å². The van der Waals surface area contributed by atoms with Gasteiger partial charge in [0.1, 0.15) is 5.75 Å². The van der Waals surface area contributed by atoms with E-state index in [1.807, 2.05) is 59.0 Å². The lowest BCUT2D eigenvalue weighted by atomic mass is 9.96. The minimum Gasteiger partial charge on any atom is -0.494 e. The average Bonchev–Trinajstić information content (AvgIpc) is 3.51. The molecule has 0 N–H and O–H groups in total. The Morgan fingerprint density at radius 2 is 1.60 bits per heavy atom. The Bertz CT molecular complexity index is 1600. The van der Waals surface area contributed by atoms with Crippen LogP contribution in [0, 0.1) is 5.92 Å². The molecule has 2 aromatic carbocycles. The molecule has 1 saturated heterocycles. The summed E-state index contributed by atoms with van der Waals surface area (Å²) >= 11 is 0. The number of amides is 1. The topological polar surface area (TPSA) is 69.4 Å². The first-order chi connectivity index (χ1) is 20.9. The van der Waals surface area contributed by atoms with Crippen molar-refractivity contribution in [2.45, 2.75) is 73.1 Å². The van der Waals surface area contributed by atoms with Gasteiger partial charge >= 0.3 is 0 Å². The van der Waals surface area contributed by atoms with E-state index in [1.54, 1.807) is 4.68 Å². The Morgan fingerprint density at radius 1 is 0.930 bits per heavy atom. The van der Waals surface area contributed by atoms with Crippen LogP contribution in [0.2, 0.25) is 0 Å². The third-order valence-electron chi connectivity index (χ3n) is 8.24. The quantitative estimate of drug-likeness (QED) is 0.202. The Hall–Kier alpha value is -4.13. The lowest BCUT2D eigenvalue weighted by molar-refractivity contribution is 0.0722. The first kappa shape index (κ1) is 30.3. The molecule has 0 aliphatic carbocycles. The van der Waals surface area contributed by atoms with Crippen molar-refractivity contribution in [2.24, 2.45) is 5.92 Å². The van der Waals surface area contributed by atoms with E-state index >= 15 is 0 Å². The SMILES string of the molecule is CCOc1ccc(-n2ccc(-c3cc(C(=O)N4CCCCC4)c(CC(C)C)n(-c4c(CC)cccc4CC)c3=O)n2)cc1. The maximum atomic E-state index is 14.7. The molecule has 0 unspecified atom stereocenters. The highest BCUT2D eigenvalue weighted by atomic mass is 16.5. The molecule has 0 saturated carbocycles. The molecule has 2 aromatic heterocycles. The van der Waals surface area contributed by atoms with Crippen molar-refractivity contribution in [1.82, 2.24) is 19.2 Å². The summed E-state index contributed by atoms with van der Waals surface area (Å²) in [5, 5.41) is 4.85. The number of carbonyl (C=O) groups excluding carboxylic acids is 1. The molecule has 226 valence electrons. The smallest absolute Gasteiger partial charge is 0.264 e. The van der Waals surface area contributed by atoms with Gasteiger partial charge in [-0.3, -0.25) is 14.2 Å². The van der Waals surface area contributed by atoms with Crippen molar-refractivity contribution in [3.05, 3.63) is 93.5 Å². The maximum Gasteiger partial charge on any atom is 0.264 e. The highest BCUT2D eigenvalue weighted by molar-refractivity contribution is 5.96. The summed E-state index contributed by atoms with van der Waals surface area (Å²) in [6.45, 7) is 12.6. The first-order valence-corrected chi connectivity index (χ1v) is 15.8. The van der Waals surface area contributed by atoms with Gasteiger partial charge in [-0.05, 0) is 98.9 Å². The number of pyridine rings is 1. The number of ether oxygens (including phenoxy) is 1. The number of nitrogens with zero attached hydrogens (tertiary/aromatic N) is 4. The zero-order chi connectivity index (χ0) is 30.5. The van der Waals surface area contributed by atoms with Gasteiger partial charge in [-0.2, -0.15) is 5.10 Å². The Kier molecular flexibility index (Phi) is 9.49. The molecule has 5 rings (SSSR count). The second kappa shape index (κ2) is 13.4. The molecule has 0 bridgehead atoms. The summed E-state index contributed by atoms with van der Waals surface area (Å²) in [6, 6.07) is 17.7. The van der Waals surface area contributed by atoms with Crippen molar-refractivity contribution >= 4 is 5.91 Å². The number of likely N-dealkylation sites (tertiary alicyclic amines) is 1. The molecule has 1 amide bonds. The van der Waals surface area contributed by atoms with Crippen molar-refractivity contribution in [1.29, 1.82) is 0 Å². The van der Waals surface area contributed by atoms with E-state index in [9.17, 15) is 9.59 Å². The molecular weight excluding hydrogens is 536 g/mol. The third kappa shape index (κ3) is 6.31. The van der Waals surface area contributed by atoms with Gasteiger partial charge in [0.2, 0.25) is 0 Å². The van der Waals surface area contributed by atoms with Gasteiger partial charge in [0.05, 0.1) is 34.8 Å². The number of para-hydroxylation sites is 1. The van der Waals surface area contributed by atoms with Crippen LogP contribution in [-0.2, 0) is 19.3 Å². The summed E-state index contributed by atoms with van der Waals surface area (Å²) in [6.07, 6.45) is 7.18. The predicted octanol–water partition coefficient (Wildman–Crippen LogP) is 7.04. The van der Waals surface area contributed by atoms with E-state index in [2.05, 4.69) is 45.9 Å². The fourth-order valence-corrected chi connectivity index (χ4v) is 6.09. The van der Waals surface area contributed by atoms with Crippen LogP contribution in [0.25, 0.3) is 22.6 Å². The van der Waals surface area contributed by atoms with Crippen molar-refractivity contribution in [2.75, 3.05) is 19.7 Å². The van der Waals surface area contributed by atoms with E-state index < -0.39 is 0 Å². The van der Waals surface area contributed by atoms with Crippen LogP contribution >= 0.6 is 0 Å². The minimum atomic E-state index is -0.140. The van der Waals surface area contributed by atoms with Gasteiger partial charge in [0.15, 0.2) is 0 Å². The summed E-state index contributed by atoms with van der Waals surface area (Å²) in [5.41, 5.74) is 6.20. The number of hydrogen-bond donors (Lipinski definition) is 0. The molecule has 4 aromatic rings. The Morgan fingerprint density at radius 3 is 2.21 bits per heavy atom. The number of aromatic nitrogens is 3. The van der Waals surface area contributed by atoms with Crippen molar-refractivity contribution < 1.29 is 9.53 Å². The van der Waals surface area contributed by atoms with Gasteiger partial charge < -0.3 is 9.64 Å². The zero-order valence-corrected chi connectivity index (χ0v) is 26.2. The summed E-state index contributed by atoms with van der Waals surface area (Å²) in [7, 11) is 0. The number of carbonyl (C=O) groups is 1. The second-order valence-corrected chi connectivity index (χ2v) is 11.7. The molecule has 43 heavy (non-hydrogen) atoms. The maximum absolute atomic E-state index is 14.7.